The van der Waals surface area contributed by atoms with Crippen LogP contribution in [0.15, 0.2) is 46.9 Å². The van der Waals surface area contributed by atoms with E-state index < -0.39 is 0 Å². The molecule has 0 saturated heterocycles. The number of anilines is 2. The van der Waals surface area contributed by atoms with Crippen LogP contribution in [-0.4, -0.2) is 6.04 Å². The maximum absolute atomic E-state index is 9.38. The Morgan fingerprint density at radius 3 is 2.52 bits per heavy atom. The molecule has 2 aromatic carbocycles. The lowest BCUT2D eigenvalue weighted by atomic mass is 10.1. The SMILES string of the molecule is N#Cc1cc(Br)ccc1N(Cc1ccc(N)cc1)C1CC1. The standard InChI is InChI=1S/C17H16BrN3/c18-14-3-8-17(13(9-14)10-19)21(16-6-7-16)11-12-1-4-15(20)5-2-12/h1-5,8-9,16H,6-7,11,20H2. The van der Waals surface area contributed by atoms with Crippen LogP contribution in [0.4, 0.5) is 11.4 Å². The molecular formula is C17H16BrN3. The van der Waals surface area contributed by atoms with Gasteiger partial charge in [0.05, 0.1) is 11.3 Å². The molecule has 2 N–H and O–H groups in total. The van der Waals surface area contributed by atoms with Crippen LogP contribution in [0.3, 0.4) is 0 Å². The topological polar surface area (TPSA) is 53.0 Å². The lowest BCUT2D eigenvalue weighted by molar-refractivity contribution is 0.793. The van der Waals surface area contributed by atoms with Gasteiger partial charge < -0.3 is 10.6 Å². The highest BCUT2D eigenvalue weighted by atomic mass is 79.9. The number of nitrogens with two attached hydrogens (primary N) is 1. The second-order valence-corrected chi connectivity index (χ2v) is 6.29. The van der Waals surface area contributed by atoms with E-state index in [1.165, 1.54) is 18.4 Å². The first-order valence-corrected chi connectivity index (χ1v) is 7.77. The van der Waals surface area contributed by atoms with Crippen molar-refractivity contribution in [2.75, 3.05) is 10.6 Å². The Kier molecular flexibility index (Phi) is 3.85. The van der Waals surface area contributed by atoms with Crippen molar-refractivity contribution in [1.82, 2.24) is 0 Å². The number of hydrogen-bond acceptors (Lipinski definition) is 3. The van der Waals surface area contributed by atoms with E-state index in [-0.39, 0.29) is 0 Å². The quantitative estimate of drug-likeness (QED) is 0.852. The first-order chi connectivity index (χ1) is 10.2. The van der Waals surface area contributed by atoms with E-state index in [4.69, 9.17) is 5.73 Å². The molecule has 21 heavy (non-hydrogen) atoms. The Balaban J connectivity index is 1.92. The summed E-state index contributed by atoms with van der Waals surface area (Å²) in [7, 11) is 0. The number of rotatable bonds is 4. The van der Waals surface area contributed by atoms with Crippen LogP contribution < -0.4 is 10.6 Å². The predicted molar refractivity (Wildman–Crippen MR) is 88.9 cm³/mol. The highest BCUT2D eigenvalue weighted by Crippen LogP contribution is 2.35. The molecule has 1 aliphatic rings. The van der Waals surface area contributed by atoms with Crippen molar-refractivity contribution in [2.24, 2.45) is 0 Å². The molecule has 0 spiro atoms. The molecule has 0 radical (unpaired) electrons. The molecule has 3 nitrogen and oxygen atoms in total. The van der Waals surface area contributed by atoms with E-state index >= 15 is 0 Å². The number of nitrogen functional groups attached to an aromatic ring is 1. The summed E-state index contributed by atoms with van der Waals surface area (Å²) in [5, 5.41) is 9.38. The van der Waals surface area contributed by atoms with E-state index in [0.29, 0.717) is 11.6 Å². The van der Waals surface area contributed by atoms with Crippen LogP contribution in [0.25, 0.3) is 0 Å². The molecule has 1 aliphatic carbocycles. The fraction of sp³-hybridized carbons (Fsp3) is 0.235. The molecule has 0 atom stereocenters. The van der Waals surface area contributed by atoms with Gasteiger partial charge in [-0.3, -0.25) is 0 Å². The van der Waals surface area contributed by atoms with E-state index in [9.17, 15) is 5.26 Å². The number of hydrogen-bond donors (Lipinski definition) is 1. The zero-order valence-corrected chi connectivity index (χ0v) is 13.2. The van der Waals surface area contributed by atoms with Gasteiger partial charge >= 0.3 is 0 Å². The molecule has 106 valence electrons. The molecule has 3 rings (SSSR count). The average molecular weight is 342 g/mol. The minimum absolute atomic E-state index is 0.538. The van der Waals surface area contributed by atoms with Crippen molar-refractivity contribution in [2.45, 2.75) is 25.4 Å². The highest BCUT2D eigenvalue weighted by Gasteiger charge is 2.30. The Bertz CT molecular complexity index is 684. The Labute approximate surface area is 133 Å². The van der Waals surface area contributed by atoms with E-state index in [2.05, 4.69) is 39.0 Å². The average Bonchev–Trinajstić information content (AvgIpc) is 3.31. The van der Waals surface area contributed by atoms with Gasteiger partial charge in [-0.05, 0) is 48.7 Å². The van der Waals surface area contributed by atoms with Gasteiger partial charge in [0.1, 0.15) is 6.07 Å². The van der Waals surface area contributed by atoms with Gasteiger partial charge in [-0.2, -0.15) is 5.26 Å². The van der Waals surface area contributed by atoms with Gasteiger partial charge in [0.25, 0.3) is 0 Å². The summed E-state index contributed by atoms with van der Waals surface area (Å²) in [6, 6.07) is 16.7. The molecule has 0 aromatic heterocycles. The maximum Gasteiger partial charge on any atom is 0.101 e. The molecule has 1 fully saturated rings. The number of nitriles is 1. The van der Waals surface area contributed by atoms with E-state index in [1.54, 1.807) is 0 Å². The molecule has 0 heterocycles. The molecule has 0 bridgehead atoms. The second kappa shape index (κ2) is 5.79. The van der Waals surface area contributed by atoms with Crippen molar-refractivity contribution < 1.29 is 0 Å². The van der Waals surface area contributed by atoms with Gasteiger partial charge in [0, 0.05) is 22.7 Å². The van der Waals surface area contributed by atoms with Gasteiger partial charge in [0.15, 0.2) is 0 Å². The summed E-state index contributed by atoms with van der Waals surface area (Å²) < 4.78 is 0.936. The first kappa shape index (κ1) is 14.0. The molecular weight excluding hydrogens is 326 g/mol. The van der Waals surface area contributed by atoms with Crippen LogP contribution in [0.2, 0.25) is 0 Å². The summed E-state index contributed by atoms with van der Waals surface area (Å²) in [5.74, 6) is 0. The Morgan fingerprint density at radius 1 is 1.19 bits per heavy atom. The van der Waals surface area contributed by atoms with Gasteiger partial charge in [-0.25, -0.2) is 0 Å². The third-order valence-electron chi connectivity index (χ3n) is 3.71. The lowest BCUT2D eigenvalue weighted by Crippen LogP contribution is -2.25. The van der Waals surface area contributed by atoms with E-state index in [0.717, 1.165) is 22.4 Å². The van der Waals surface area contributed by atoms with Crippen molar-refractivity contribution in [3.05, 3.63) is 58.1 Å². The van der Waals surface area contributed by atoms with Crippen LogP contribution in [0.1, 0.15) is 24.0 Å². The largest absolute Gasteiger partial charge is 0.399 e. The van der Waals surface area contributed by atoms with Crippen LogP contribution in [-0.2, 0) is 6.54 Å². The minimum atomic E-state index is 0.538. The fourth-order valence-corrected chi connectivity index (χ4v) is 2.83. The molecule has 0 unspecified atom stereocenters. The summed E-state index contributed by atoms with van der Waals surface area (Å²) in [6.45, 7) is 0.807. The summed E-state index contributed by atoms with van der Waals surface area (Å²) in [4.78, 5) is 2.33. The summed E-state index contributed by atoms with van der Waals surface area (Å²) >= 11 is 3.43. The lowest BCUT2D eigenvalue weighted by Gasteiger charge is -2.26. The third-order valence-corrected chi connectivity index (χ3v) is 4.20. The van der Waals surface area contributed by atoms with Crippen molar-refractivity contribution >= 4 is 27.3 Å². The molecule has 4 heteroatoms. The highest BCUT2D eigenvalue weighted by molar-refractivity contribution is 9.10. The Morgan fingerprint density at radius 2 is 1.90 bits per heavy atom. The number of benzene rings is 2. The zero-order chi connectivity index (χ0) is 14.8. The minimum Gasteiger partial charge on any atom is -0.399 e. The summed E-state index contributed by atoms with van der Waals surface area (Å²) in [5.41, 5.74) is 9.46. The first-order valence-electron chi connectivity index (χ1n) is 6.98. The monoisotopic (exact) mass is 341 g/mol. The zero-order valence-electron chi connectivity index (χ0n) is 11.6. The fourth-order valence-electron chi connectivity index (χ4n) is 2.47. The van der Waals surface area contributed by atoms with Crippen molar-refractivity contribution in [3.8, 4) is 6.07 Å². The van der Waals surface area contributed by atoms with Crippen molar-refractivity contribution in [3.63, 3.8) is 0 Å². The van der Waals surface area contributed by atoms with Gasteiger partial charge in [-0.15, -0.1) is 0 Å². The molecule has 0 amide bonds. The predicted octanol–water partition coefficient (Wildman–Crippen LogP) is 4.07. The number of halogens is 1. The second-order valence-electron chi connectivity index (χ2n) is 5.37. The van der Waals surface area contributed by atoms with Crippen molar-refractivity contribution in [1.29, 1.82) is 5.26 Å². The van der Waals surface area contributed by atoms with Gasteiger partial charge in [-0.1, -0.05) is 28.1 Å². The third kappa shape index (κ3) is 3.20. The van der Waals surface area contributed by atoms with Crippen LogP contribution in [0, 0.1) is 11.3 Å². The van der Waals surface area contributed by atoms with Gasteiger partial charge in [0.2, 0.25) is 0 Å². The molecule has 2 aromatic rings. The van der Waals surface area contributed by atoms with E-state index in [1.807, 2.05) is 30.3 Å². The molecule has 1 saturated carbocycles. The Hall–Kier alpha value is -1.99. The number of nitrogens with zero attached hydrogens (tertiary/aromatic N) is 2. The normalized spacial score (nSPS) is 13.7. The van der Waals surface area contributed by atoms with Crippen LogP contribution >= 0.6 is 15.9 Å². The smallest absolute Gasteiger partial charge is 0.101 e. The van der Waals surface area contributed by atoms with Crippen LogP contribution in [0.5, 0.6) is 0 Å². The maximum atomic E-state index is 9.38. The summed E-state index contributed by atoms with van der Waals surface area (Å²) in [6.07, 6.45) is 2.38. The molecule has 0 aliphatic heterocycles.